The van der Waals surface area contributed by atoms with Crippen LogP contribution in [0, 0.1) is 12.3 Å². The van der Waals surface area contributed by atoms with Crippen molar-refractivity contribution in [3.8, 4) is 23.8 Å². The van der Waals surface area contributed by atoms with Gasteiger partial charge in [0.2, 0.25) is 0 Å². The van der Waals surface area contributed by atoms with Crippen molar-refractivity contribution in [2.45, 2.75) is 26.7 Å². The molecule has 0 saturated heterocycles. The molecule has 0 aliphatic rings. The molecular formula is C15H18O3. The summed E-state index contributed by atoms with van der Waals surface area (Å²) in [6, 6.07) is 5.22. The third-order valence-electron chi connectivity index (χ3n) is 2.36. The summed E-state index contributed by atoms with van der Waals surface area (Å²) >= 11 is 0. The highest BCUT2D eigenvalue weighted by Crippen LogP contribution is 2.29. The van der Waals surface area contributed by atoms with Gasteiger partial charge in [-0.15, -0.1) is 12.3 Å². The zero-order valence-corrected chi connectivity index (χ0v) is 10.9. The van der Waals surface area contributed by atoms with E-state index in [0.717, 1.165) is 0 Å². The standard InChI is InChI=1S/C15H18O3/c1-4-7-8-13(16)12-9-10-14(17-5-2)15(11-12)18-6-3/h1,9-11H,5-8H2,2-3H3. The van der Waals surface area contributed by atoms with Gasteiger partial charge in [0.05, 0.1) is 13.2 Å². The Bertz CT molecular complexity index is 444. The second-order valence-corrected chi connectivity index (χ2v) is 3.65. The van der Waals surface area contributed by atoms with E-state index in [9.17, 15) is 4.79 Å². The first-order valence-corrected chi connectivity index (χ1v) is 6.09. The molecule has 3 nitrogen and oxygen atoms in total. The number of hydrogen-bond donors (Lipinski definition) is 0. The Kier molecular flexibility index (Phi) is 5.79. The molecule has 0 radical (unpaired) electrons. The summed E-state index contributed by atoms with van der Waals surface area (Å²) in [5.41, 5.74) is 0.608. The van der Waals surface area contributed by atoms with Crippen molar-refractivity contribution in [2.24, 2.45) is 0 Å². The van der Waals surface area contributed by atoms with Crippen LogP contribution in [0.1, 0.15) is 37.0 Å². The Hall–Kier alpha value is -1.95. The molecule has 1 aromatic rings. The van der Waals surface area contributed by atoms with Crippen molar-refractivity contribution < 1.29 is 14.3 Å². The van der Waals surface area contributed by atoms with Crippen molar-refractivity contribution in [3.63, 3.8) is 0 Å². The SMILES string of the molecule is C#CCCC(=O)c1ccc(OCC)c(OCC)c1. The maximum absolute atomic E-state index is 11.8. The lowest BCUT2D eigenvalue weighted by Crippen LogP contribution is -2.02. The van der Waals surface area contributed by atoms with Crippen LogP contribution in [0.15, 0.2) is 18.2 Å². The second kappa shape index (κ2) is 7.39. The molecule has 0 heterocycles. The molecule has 0 atom stereocenters. The maximum atomic E-state index is 11.8. The Balaban J connectivity index is 2.92. The molecule has 0 aliphatic heterocycles. The number of Topliss-reactive ketones (excluding diaryl/α,β-unsaturated/α-hetero) is 1. The first-order chi connectivity index (χ1) is 8.72. The van der Waals surface area contributed by atoms with E-state index in [2.05, 4.69) is 5.92 Å². The van der Waals surface area contributed by atoms with Crippen LogP contribution < -0.4 is 9.47 Å². The summed E-state index contributed by atoms with van der Waals surface area (Å²) in [5, 5.41) is 0. The number of carbonyl (C=O) groups is 1. The Morgan fingerprint density at radius 2 is 1.89 bits per heavy atom. The second-order valence-electron chi connectivity index (χ2n) is 3.65. The molecule has 0 N–H and O–H groups in total. The lowest BCUT2D eigenvalue weighted by molar-refractivity contribution is 0.0984. The van der Waals surface area contributed by atoms with E-state index in [-0.39, 0.29) is 5.78 Å². The summed E-state index contributed by atoms with van der Waals surface area (Å²) in [6.07, 6.45) is 5.96. The molecule has 0 fully saturated rings. The van der Waals surface area contributed by atoms with Crippen LogP contribution in [0.4, 0.5) is 0 Å². The van der Waals surface area contributed by atoms with Crippen LogP contribution in [-0.4, -0.2) is 19.0 Å². The van der Waals surface area contributed by atoms with Crippen molar-refractivity contribution in [3.05, 3.63) is 23.8 Å². The van der Waals surface area contributed by atoms with Gasteiger partial charge in [-0.05, 0) is 32.0 Å². The van der Waals surface area contributed by atoms with Crippen LogP contribution in [0.3, 0.4) is 0 Å². The zero-order chi connectivity index (χ0) is 13.4. The number of ether oxygens (including phenoxy) is 2. The summed E-state index contributed by atoms with van der Waals surface area (Å²) < 4.78 is 10.9. The highest BCUT2D eigenvalue weighted by molar-refractivity contribution is 5.96. The van der Waals surface area contributed by atoms with Crippen molar-refractivity contribution in [1.82, 2.24) is 0 Å². The molecule has 0 bridgehead atoms. The van der Waals surface area contributed by atoms with Gasteiger partial charge in [0, 0.05) is 18.4 Å². The number of terminal acetylenes is 1. The van der Waals surface area contributed by atoms with Gasteiger partial charge >= 0.3 is 0 Å². The summed E-state index contributed by atoms with van der Waals surface area (Å²) in [5.74, 6) is 3.75. The molecule has 1 aromatic carbocycles. The van der Waals surface area contributed by atoms with E-state index < -0.39 is 0 Å². The quantitative estimate of drug-likeness (QED) is 0.548. The molecule has 0 aliphatic carbocycles. The van der Waals surface area contributed by atoms with Crippen LogP contribution in [0.5, 0.6) is 11.5 Å². The number of hydrogen-bond acceptors (Lipinski definition) is 3. The van der Waals surface area contributed by atoms with Gasteiger partial charge in [0.15, 0.2) is 17.3 Å². The van der Waals surface area contributed by atoms with Gasteiger partial charge in [-0.25, -0.2) is 0 Å². The predicted molar refractivity (Wildman–Crippen MR) is 71.2 cm³/mol. The highest BCUT2D eigenvalue weighted by atomic mass is 16.5. The van der Waals surface area contributed by atoms with E-state index >= 15 is 0 Å². The van der Waals surface area contributed by atoms with Gasteiger partial charge < -0.3 is 9.47 Å². The molecule has 96 valence electrons. The van der Waals surface area contributed by atoms with Gasteiger partial charge in [-0.3, -0.25) is 4.79 Å². The topological polar surface area (TPSA) is 35.5 Å². The number of ketones is 1. The predicted octanol–water partition coefficient (Wildman–Crippen LogP) is 3.08. The minimum atomic E-state index is 0.0250. The first kappa shape index (κ1) is 14.1. The summed E-state index contributed by atoms with van der Waals surface area (Å²) in [7, 11) is 0. The number of benzene rings is 1. The fourth-order valence-electron chi connectivity index (χ4n) is 1.55. The Morgan fingerprint density at radius 3 is 2.50 bits per heavy atom. The van der Waals surface area contributed by atoms with Crippen molar-refractivity contribution in [1.29, 1.82) is 0 Å². The maximum Gasteiger partial charge on any atom is 0.163 e. The molecule has 0 saturated carbocycles. The Labute approximate surface area is 108 Å². The van der Waals surface area contributed by atoms with Crippen LogP contribution in [0.25, 0.3) is 0 Å². The molecule has 3 heteroatoms. The number of rotatable bonds is 7. The average Bonchev–Trinajstić information content (AvgIpc) is 2.38. The molecule has 0 unspecified atom stereocenters. The van der Waals surface area contributed by atoms with Crippen LogP contribution >= 0.6 is 0 Å². The van der Waals surface area contributed by atoms with Crippen LogP contribution in [0.2, 0.25) is 0 Å². The minimum absolute atomic E-state index is 0.0250. The third-order valence-corrected chi connectivity index (χ3v) is 2.36. The van der Waals surface area contributed by atoms with Gasteiger partial charge in [-0.2, -0.15) is 0 Å². The monoisotopic (exact) mass is 246 g/mol. The molecule has 1 rings (SSSR count). The van der Waals surface area contributed by atoms with E-state index in [1.807, 2.05) is 13.8 Å². The molecular weight excluding hydrogens is 228 g/mol. The van der Waals surface area contributed by atoms with Gasteiger partial charge in [0.1, 0.15) is 0 Å². The van der Waals surface area contributed by atoms with E-state index in [1.165, 1.54) is 0 Å². The zero-order valence-electron chi connectivity index (χ0n) is 10.9. The molecule has 0 aromatic heterocycles. The van der Waals surface area contributed by atoms with E-state index in [4.69, 9.17) is 15.9 Å². The largest absolute Gasteiger partial charge is 0.490 e. The van der Waals surface area contributed by atoms with Crippen LogP contribution in [-0.2, 0) is 0 Å². The smallest absolute Gasteiger partial charge is 0.163 e. The molecule has 18 heavy (non-hydrogen) atoms. The fraction of sp³-hybridized carbons (Fsp3) is 0.400. The Morgan fingerprint density at radius 1 is 1.22 bits per heavy atom. The molecule has 0 amide bonds. The van der Waals surface area contributed by atoms with E-state index in [0.29, 0.717) is 43.1 Å². The third kappa shape index (κ3) is 3.81. The van der Waals surface area contributed by atoms with E-state index in [1.54, 1.807) is 18.2 Å². The molecule has 0 spiro atoms. The van der Waals surface area contributed by atoms with Gasteiger partial charge in [0.25, 0.3) is 0 Å². The normalized spacial score (nSPS) is 9.61. The lowest BCUT2D eigenvalue weighted by Gasteiger charge is -2.11. The average molecular weight is 246 g/mol. The number of carbonyl (C=O) groups excluding carboxylic acids is 1. The minimum Gasteiger partial charge on any atom is -0.490 e. The lowest BCUT2D eigenvalue weighted by atomic mass is 10.1. The summed E-state index contributed by atoms with van der Waals surface area (Å²) in [6.45, 7) is 4.89. The summed E-state index contributed by atoms with van der Waals surface area (Å²) in [4.78, 5) is 11.8. The fourth-order valence-corrected chi connectivity index (χ4v) is 1.55. The van der Waals surface area contributed by atoms with Crippen molar-refractivity contribution >= 4 is 5.78 Å². The first-order valence-electron chi connectivity index (χ1n) is 6.09. The van der Waals surface area contributed by atoms with Gasteiger partial charge in [-0.1, -0.05) is 0 Å². The van der Waals surface area contributed by atoms with Crippen molar-refractivity contribution in [2.75, 3.05) is 13.2 Å². The highest BCUT2D eigenvalue weighted by Gasteiger charge is 2.10.